The highest BCUT2D eigenvalue weighted by molar-refractivity contribution is 8.03. The fourth-order valence-electron chi connectivity index (χ4n) is 3.45. The predicted molar refractivity (Wildman–Crippen MR) is 120 cm³/mol. The number of carbonyl (C=O) groups excluding carboxylic acids is 1. The number of hydrogen-bond donors (Lipinski definition) is 3. The molecule has 15 heteroatoms. The lowest BCUT2D eigenvalue weighted by Gasteiger charge is -2.32. The van der Waals surface area contributed by atoms with E-state index in [1.54, 1.807) is 54.6 Å². The first kappa shape index (κ1) is 22.5. The molecule has 0 radical (unpaired) electrons. The average Bonchev–Trinajstić information content (AvgIpc) is 3.61. The molecule has 2 unspecified atom stereocenters. The molecule has 0 aliphatic carbocycles. The number of nitrogens with one attached hydrogen (secondary N) is 1. The molecule has 0 amide bonds. The van der Waals surface area contributed by atoms with E-state index in [-0.39, 0.29) is 15.2 Å². The number of benzene rings is 2. The number of rotatable bonds is 8. The van der Waals surface area contributed by atoms with Crippen LogP contribution < -0.4 is 0 Å². The van der Waals surface area contributed by atoms with Crippen LogP contribution in [-0.4, -0.2) is 68.6 Å². The molecule has 13 nitrogen and oxygen atoms in total. The summed E-state index contributed by atoms with van der Waals surface area (Å²) in [7, 11) is 0. The maximum atomic E-state index is 12.9. The Morgan fingerprint density at radius 2 is 1.77 bits per heavy atom. The molecule has 0 saturated heterocycles. The zero-order valence-electron chi connectivity index (χ0n) is 17.4. The van der Waals surface area contributed by atoms with Crippen LogP contribution in [-0.2, 0) is 14.3 Å². The van der Waals surface area contributed by atoms with Gasteiger partial charge in [-0.15, -0.1) is 10.2 Å². The lowest BCUT2D eigenvalue weighted by Crippen LogP contribution is -2.45. The minimum absolute atomic E-state index is 0.111. The number of aromatic amines is 1. The smallest absolute Gasteiger partial charge is 0.375 e. The number of cyclic esters (lactones) is 1. The van der Waals surface area contributed by atoms with Gasteiger partial charge in [-0.05, 0) is 50.3 Å². The van der Waals surface area contributed by atoms with Gasteiger partial charge in [0.2, 0.25) is 16.1 Å². The van der Waals surface area contributed by atoms with Crippen molar-refractivity contribution in [1.82, 2.24) is 40.8 Å². The quantitative estimate of drug-likeness (QED) is 0.231. The normalized spacial score (nSPS) is 18.5. The van der Waals surface area contributed by atoms with Crippen LogP contribution in [0.5, 0.6) is 0 Å². The maximum absolute atomic E-state index is 12.9. The van der Waals surface area contributed by atoms with Crippen LogP contribution in [0.2, 0.25) is 0 Å². The molecule has 1 aliphatic rings. The van der Waals surface area contributed by atoms with Crippen molar-refractivity contribution >= 4 is 35.5 Å². The number of carboxylic acid groups (broad SMARTS) is 1. The number of para-hydroxylation sites is 1. The molecule has 2 aromatic heterocycles. The molecular formula is C20H14N8O5S2. The summed E-state index contributed by atoms with van der Waals surface area (Å²) in [5.74, 6) is -3.55. The van der Waals surface area contributed by atoms with Crippen molar-refractivity contribution < 1.29 is 24.5 Å². The number of carbonyl (C=O) groups is 2. The van der Waals surface area contributed by atoms with Gasteiger partial charge in [0.15, 0.2) is 0 Å². The number of carboxylic acids is 1. The number of ether oxygens (including phenoxy) is 1. The van der Waals surface area contributed by atoms with Gasteiger partial charge in [0.1, 0.15) is 0 Å². The van der Waals surface area contributed by atoms with E-state index in [1.165, 1.54) is 4.68 Å². The van der Waals surface area contributed by atoms with Gasteiger partial charge in [-0.2, -0.15) is 4.68 Å². The number of aromatic nitrogens is 8. The van der Waals surface area contributed by atoms with Crippen LogP contribution in [0.25, 0.3) is 5.69 Å². The molecule has 0 bridgehead atoms. The Morgan fingerprint density at radius 3 is 2.43 bits per heavy atom. The summed E-state index contributed by atoms with van der Waals surface area (Å²) in [4.78, 5) is 25.2. The van der Waals surface area contributed by atoms with Crippen molar-refractivity contribution in [1.29, 1.82) is 0 Å². The van der Waals surface area contributed by atoms with Crippen LogP contribution in [0.4, 0.5) is 0 Å². The summed E-state index contributed by atoms with van der Waals surface area (Å²) in [5.41, 5.74) is -1.27. The molecule has 176 valence electrons. The second kappa shape index (κ2) is 9.19. The van der Waals surface area contributed by atoms with Gasteiger partial charge in [0, 0.05) is 0 Å². The number of aliphatic hydroxyl groups excluding tert-OH is 1. The van der Waals surface area contributed by atoms with E-state index in [9.17, 15) is 19.8 Å². The van der Waals surface area contributed by atoms with Crippen molar-refractivity contribution in [3.8, 4) is 5.69 Å². The van der Waals surface area contributed by atoms with Crippen molar-refractivity contribution in [2.45, 2.75) is 21.2 Å². The monoisotopic (exact) mass is 510 g/mol. The lowest BCUT2D eigenvalue weighted by molar-refractivity contribution is -0.168. The number of aliphatic hydroxyl groups is 1. The van der Waals surface area contributed by atoms with E-state index in [1.807, 2.05) is 6.07 Å². The number of H-pyrrole nitrogens is 1. The average molecular weight is 511 g/mol. The highest BCUT2D eigenvalue weighted by Crippen LogP contribution is 2.54. The van der Waals surface area contributed by atoms with Crippen molar-refractivity contribution in [3.63, 3.8) is 0 Å². The first-order valence-electron chi connectivity index (χ1n) is 9.88. The Hall–Kier alpha value is -4.24. The summed E-state index contributed by atoms with van der Waals surface area (Å²) in [5, 5.41) is 45.4. The topological polar surface area (TPSA) is 182 Å². The van der Waals surface area contributed by atoms with Crippen LogP contribution in [0, 0.1) is 0 Å². The Morgan fingerprint density at radius 1 is 1.06 bits per heavy atom. The number of nitrogens with zero attached hydrogens (tertiary/aromatic N) is 7. The number of thioether (sulfide) groups is 2. The van der Waals surface area contributed by atoms with E-state index >= 15 is 0 Å². The van der Waals surface area contributed by atoms with E-state index in [0.29, 0.717) is 23.0 Å². The first-order chi connectivity index (χ1) is 17.0. The highest BCUT2D eigenvalue weighted by Gasteiger charge is 2.61. The number of esters is 1. The molecule has 4 aromatic rings. The molecule has 0 saturated carbocycles. The molecule has 35 heavy (non-hydrogen) atoms. The van der Waals surface area contributed by atoms with Crippen LogP contribution in [0.15, 0.2) is 81.6 Å². The van der Waals surface area contributed by atoms with Crippen molar-refractivity contribution in [2.75, 3.05) is 0 Å². The van der Waals surface area contributed by atoms with Crippen LogP contribution in [0.3, 0.4) is 0 Å². The zero-order valence-corrected chi connectivity index (χ0v) is 19.1. The summed E-state index contributed by atoms with van der Waals surface area (Å²) in [6.45, 7) is 0. The third-order valence-corrected chi connectivity index (χ3v) is 7.35. The van der Waals surface area contributed by atoms with Gasteiger partial charge in [0.05, 0.1) is 15.8 Å². The molecule has 0 fully saturated rings. The first-order valence-corrected chi connectivity index (χ1v) is 11.6. The number of hydrogen-bond acceptors (Lipinski definition) is 12. The molecular weight excluding hydrogens is 496 g/mol. The standard InChI is InChI=1S/C20H14N8O5S2/c29-13-15(35-19-23-26-27-28(19)12-9-5-2-6-10-12)20(17(31)32,33-16(13)30)14(11-7-3-1-4-8-11)34-18-21-24-25-22-18/h1-10,14,29H,(H,31,32)(H,21,22,24,25). The lowest BCUT2D eigenvalue weighted by atomic mass is 9.93. The Bertz CT molecular complexity index is 1400. The Balaban J connectivity index is 1.64. The van der Waals surface area contributed by atoms with Crippen molar-refractivity contribution in [3.05, 3.63) is 76.9 Å². The summed E-state index contributed by atoms with van der Waals surface area (Å²) in [6, 6.07) is 17.4. The fraction of sp³-hybridized carbons (Fsp3) is 0.100. The van der Waals surface area contributed by atoms with E-state index in [2.05, 4.69) is 36.1 Å². The largest absolute Gasteiger partial charge is 0.501 e. The second-order valence-corrected chi connectivity index (χ2v) is 9.11. The Kier molecular flexibility index (Phi) is 5.92. The van der Waals surface area contributed by atoms with Gasteiger partial charge in [-0.25, -0.2) is 14.7 Å². The summed E-state index contributed by atoms with van der Waals surface area (Å²) < 4.78 is 6.78. The summed E-state index contributed by atoms with van der Waals surface area (Å²) in [6.07, 6.45) is 0. The molecule has 3 heterocycles. The van der Waals surface area contributed by atoms with E-state index in [4.69, 9.17) is 4.74 Å². The maximum Gasteiger partial charge on any atom is 0.375 e. The molecule has 3 N–H and O–H groups in total. The van der Waals surface area contributed by atoms with E-state index in [0.717, 1.165) is 11.8 Å². The molecule has 1 aliphatic heterocycles. The second-order valence-electron chi connectivity index (χ2n) is 7.03. The fourth-order valence-corrected chi connectivity index (χ4v) is 5.72. The zero-order chi connectivity index (χ0) is 24.4. The summed E-state index contributed by atoms with van der Waals surface area (Å²) >= 11 is 1.64. The molecule has 0 spiro atoms. The van der Waals surface area contributed by atoms with Crippen molar-refractivity contribution in [2.24, 2.45) is 0 Å². The van der Waals surface area contributed by atoms with Gasteiger partial charge >= 0.3 is 11.9 Å². The highest BCUT2D eigenvalue weighted by atomic mass is 32.2. The van der Waals surface area contributed by atoms with E-state index < -0.39 is 28.5 Å². The number of aliphatic carboxylic acids is 1. The van der Waals surface area contributed by atoms with Crippen LogP contribution in [0.1, 0.15) is 10.8 Å². The molecule has 5 rings (SSSR count). The van der Waals surface area contributed by atoms with Gasteiger partial charge in [-0.1, -0.05) is 60.3 Å². The minimum atomic E-state index is -2.35. The predicted octanol–water partition coefficient (Wildman–Crippen LogP) is 1.95. The molecule has 2 aromatic carbocycles. The van der Waals surface area contributed by atoms with Gasteiger partial charge in [0.25, 0.3) is 5.60 Å². The van der Waals surface area contributed by atoms with Crippen LogP contribution >= 0.6 is 23.5 Å². The number of tetrazole rings is 2. The third kappa shape index (κ3) is 4.00. The SMILES string of the molecule is O=C1OC(C(=O)O)(C(Sc2nnn[nH]2)c2ccccc2)C(Sc2nnnn2-c2ccccc2)=C1O. The Labute approximate surface area is 204 Å². The molecule has 2 atom stereocenters. The van der Waals surface area contributed by atoms with Gasteiger partial charge in [-0.3, -0.25) is 0 Å². The third-order valence-electron chi connectivity index (χ3n) is 4.98. The van der Waals surface area contributed by atoms with Gasteiger partial charge < -0.3 is 14.9 Å². The minimum Gasteiger partial charge on any atom is -0.501 e.